The van der Waals surface area contributed by atoms with Gasteiger partial charge in [-0.05, 0) is 45.4 Å². The van der Waals surface area contributed by atoms with E-state index in [4.69, 9.17) is 15.7 Å². The minimum atomic E-state index is -0.689. The number of hydroxylamine groups is 1. The van der Waals surface area contributed by atoms with Gasteiger partial charge in [0.1, 0.15) is 12.6 Å². The lowest BCUT2D eigenvalue weighted by Gasteiger charge is -2.32. The largest absolute Gasteiger partial charge is 0.376 e. The number of nitrogens with one attached hydrogen (secondary N) is 2. The molecule has 1 amide bonds. The molecule has 1 rings (SSSR count). The molecule has 0 radical (unpaired) electrons. The Bertz CT molecular complexity index is 432. The van der Waals surface area contributed by atoms with Crippen LogP contribution >= 0.6 is 0 Å². The molecule has 5 N–H and O–H groups in total. The zero-order valence-electron chi connectivity index (χ0n) is 13.4. The molecule has 0 heterocycles. The molecule has 124 valence electrons. The average molecular weight is 309 g/mol. The van der Waals surface area contributed by atoms with Gasteiger partial charge in [0.05, 0.1) is 6.10 Å². The molecule has 0 aliphatic heterocycles. The van der Waals surface area contributed by atoms with Gasteiger partial charge in [0.25, 0.3) is 5.91 Å². The van der Waals surface area contributed by atoms with Crippen LogP contribution in [0.25, 0.3) is 0 Å². The van der Waals surface area contributed by atoms with Gasteiger partial charge in [-0.15, -0.1) is 5.92 Å². The predicted molar refractivity (Wildman–Crippen MR) is 84.8 cm³/mol. The molecular formula is C16H27N3O3. The molecule has 0 aromatic carbocycles. The molecule has 6 heteroatoms. The molecule has 22 heavy (non-hydrogen) atoms. The lowest BCUT2D eigenvalue weighted by molar-refractivity contribution is -0.131. The van der Waals surface area contributed by atoms with Crippen LogP contribution in [-0.2, 0) is 9.53 Å². The zero-order valence-corrected chi connectivity index (χ0v) is 13.4. The molecule has 0 unspecified atom stereocenters. The molecule has 0 spiro atoms. The summed E-state index contributed by atoms with van der Waals surface area (Å²) in [4.78, 5) is 11.6. The third-order valence-electron chi connectivity index (χ3n) is 3.99. The standard InChI is InChI=1S/C16H27N3O3/c1-4-5-10-22-14-8-6-13(7-9-14)12(3)18-15(11(2)17)16(20)19-21/h11,13-15,18,21H,3,6-10,17H2,1-2H3,(H,19,20)/t11-,13?,14?,15+/m1/s1. The molecule has 0 bridgehead atoms. The van der Waals surface area contributed by atoms with Crippen molar-refractivity contribution in [2.45, 2.75) is 57.7 Å². The van der Waals surface area contributed by atoms with E-state index in [0.717, 1.165) is 31.4 Å². The van der Waals surface area contributed by atoms with Crippen molar-refractivity contribution in [2.24, 2.45) is 11.7 Å². The first-order valence-corrected chi connectivity index (χ1v) is 7.65. The molecule has 0 aromatic heterocycles. The van der Waals surface area contributed by atoms with Crippen LogP contribution in [0.3, 0.4) is 0 Å². The molecule has 6 nitrogen and oxygen atoms in total. The maximum absolute atomic E-state index is 11.6. The minimum absolute atomic E-state index is 0.245. The highest BCUT2D eigenvalue weighted by molar-refractivity contribution is 5.81. The van der Waals surface area contributed by atoms with Crippen LogP contribution in [0.15, 0.2) is 12.3 Å². The monoisotopic (exact) mass is 309 g/mol. The first kappa shape index (κ1) is 18.5. The van der Waals surface area contributed by atoms with Crippen LogP contribution in [0.2, 0.25) is 0 Å². The van der Waals surface area contributed by atoms with Gasteiger partial charge in [-0.3, -0.25) is 10.0 Å². The van der Waals surface area contributed by atoms with Crippen molar-refractivity contribution in [3.05, 3.63) is 12.3 Å². The van der Waals surface area contributed by atoms with Gasteiger partial charge in [0.15, 0.2) is 0 Å². The third kappa shape index (κ3) is 5.68. The zero-order chi connectivity index (χ0) is 16.5. The Morgan fingerprint density at radius 1 is 1.45 bits per heavy atom. The number of allylic oxidation sites excluding steroid dienone is 1. The van der Waals surface area contributed by atoms with Gasteiger partial charge in [0, 0.05) is 11.7 Å². The summed E-state index contributed by atoms with van der Waals surface area (Å²) in [5.74, 6) is 5.45. The summed E-state index contributed by atoms with van der Waals surface area (Å²) in [7, 11) is 0. The second-order valence-electron chi connectivity index (χ2n) is 5.69. The molecular weight excluding hydrogens is 282 g/mol. The first-order chi connectivity index (χ1) is 10.5. The van der Waals surface area contributed by atoms with Gasteiger partial charge in [0.2, 0.25) is 0 Å². The molecule has 0 aromatic rings. The van der Waals surface area contributed by atoms with E-state index >= 15 is 0 Å². The fourth-order valence-corrected chi connectivity index (χ4v) is 2.63. The highest BCUT2D eigenvalue weighted by Crippen LogP contribution is 2.29. The molecule has 1 aliphatic carbocycles. The van der Waals surface area contributed by atoms with E-state index in [0.29, 0.717) is 6.61 Å². The normalized spacial score (nSPS) is 23.6. The summed E-state index contributed by atoms with van der Waals surface area (Å²) in [5, 5.41) is 11.8. The molecule has 0 saturated heterocycles. The Morgan fingerprint density at radius 3 is 2.59 bits per heavy atom. The summed E-state index contributed by atoms with van der Waals surface area (Å²) in [5.41, 5.74) is 8.20. The average Bonchev–Trinajstić information content (AvgIpc) is 2.52. The van der Waals surface area contributed by atoms with Crippen molar-refractivity contribution in [2.75, 3.05) is 6.61 Å². The smallest absolute Gasteiger partial charge is 0.267 e. The Hall–Kier alpha value is -1.55. The quantitative estimate of drug-likeness (QED) is 0.318. The Labute approximate surface area is 132 Å². The number of carbonyl (C=O) groups excluding carboxylic acids is 1. The highest BCUT2D eigenvalue weighted by Gasteiger charge is 2.27. The number of hydrogen-bond donors (Lipinski definition) is 4. The summed E-state index contributed by atoms with van der Waals surface area (Å²) in [6.45, 7) is 8.01. The summed E-state index contributed by atoms with van der Waals surface area (Å²) in [6, 6.07) is -1.12. The van der Waals surface area contributed by atoms with Crippen molar-refractivity contribution in [3.8, 4) is 11.8 Å². The lowest BCUT2D eigenvalue weighted by Crippen LogP contribution is -2.53. The number of hydrogen-bond acceptors (Lipinski definition) is 5. The van der Waals surface area contributed by atoms with Crippen molar-refractivity contribution in [1.29, 1.82) is 0 Å². The Kier molecular flexibility index (Phi) is 7.96. The van der Waals surface area contributed by atoms with Crippen LogP contribution in [0.1, 0.15) is 39.5 Å². The fraction of sp³-hybridized carbons (Fsp3) is 0.688. The number of carbonyl (C=O) groups is 1. The van der Waals surface area contributed by atoms with E-state index in [9.17, 15) is 4.79 Å². The summed E-state index contributed by atoms with van der Waals surface area (Å²) in [6.07, 6.45) is 4.04. The predicted octanol–water partition coefficient (Wildman–Crippen LogP) is 0.910. The number of rotatable bonds is 7. The van der Waals surface area contributed by atoms with Gasteiger partial charge < -0.3 is 15.8 Å². The van der Waals surface area contributed by atoms with E-state index in [1.165, 1.54) is 0 Å². The van der Waals surface area contributed by atoms with Crippen molar-refractivity contribution >= 4 is 5.91 Å². The summed E-state index contributed by atoms with van der Waals surface area (Å²) >= 11 is 0. The molecule has 1 saturated carbocycles. The highest BCUT2D eigenvalue weighted by atomic mass is 16.5. The molecule has 1 fully saturated rings. The Balaban J connectivity index is 2.44. The molecule has 2 atom stereocenters. The number of ether oxygens (including phenoxy) is 1. The van der Waals surface area contributed by atoms with Crippen LogP contribution in [0.5, 0.6) is 0 Å². The van der Waals surface area contributed by atoms with Crippen molar-refractivity contribution in [3.63, 3.8) is 0 Å². The topological polar surface area (TPSA) is 96.6 Å². The SMILES string of the molecule is C=C(N[C@H](C(=O)NO)[C@@H](C)N)C1CCC(OCC#CC)CC1. The van der Waals surface area contributed by atoms with Crippen molar-refractivity contribution in [1.82, 2.24) is 10.8 Å². The van der Waals surface area contributed by atoms with Crippen LogP contribution in [0, 0.1) is 17.8 Å². The van der Waals surface area contributed by atoms with E-state index in [2.05, 4.69) is 23.7 Å². The third-order valence-corrected chi connectivity index (χ3v) is 3.99. The van der Waals surface area contributed by atoms with Gasteiger partial charge in [-0.1, -0.05) is 12.5 Å². The van der Waals surface area contributed by atoms with Crippen LogP contribution < -0.4 is 16.5 Å². The Morgan fingerprint density at radius 2 is 2.09 bits per heavy atom. The molecule has 1 aliphatic rings. The van der Waals surface area contributed by atoms with Gasteiger partial charge >= 0.3 is 0 Å². The second-order valence-corrected chi connectivity index (χ2v) is 5.69. The second kappa shape index (κ2) is 9.46. The van der Waals surface area contributed by atoms with E-state index in [1.807, 2.05) is 0 Å². The first-order valence-electron chi connectivity index (χ1n) is 7.65. The van der Waals surface area contributed by atoms with Crippen LogP contribution in [0.4, 0.5) is 0 Å². The van der Waals surface area contributed by atoms with Crippen LogP contribution in [-0.4, -0.2) is 35.9 Å². The van der Waals surface area contributed by atoms with Gasteiger partial charge in [-0.25, -0.2) is 5.48 Å². The fourth-order valence-electron chi connectivity index (χ4n) is 2.63. The maximum Gasteiger partial charge on any atom is 0.267 e. The number of amides is 1. The van der Waals surface area contributed by atoms with Gasteiger partial charge in [-0.2, -0.15) is 0 Å². The van der Waals surface area contributed by atoms with E-state index in [1.54, 1.807) is 19.3 Å². The summed E-state index contributed by atoms with van der Waals surface area (Å²) < 4.78 is 5.69. The number of nitrogens with two attached hydrogens (primary N) is 1. The lowest BCUT2D eigenvalue weighted by atomic mass is 9.85. The maximum atomic E-state index is 11.6. The minimum Gasteiger partial charge on any atom is -0.376 e. The van der Waals surface area contributed by atoms with E-state index < -0.39 is 18.0 Å². The van der Waals surface area contributed by atoms with Crippen molar-refractivity contribution < 1.29 is 14.7 Å². The van der Waals surface area contributed by atoms with E-state index in [-0.39, 0.29) is 12.0 Å².